The Bertz CT molecular complexity index is 1110. The highest BCUT2D eigenvalue weighted by atomic mass is 35.5. The van der Waals surface area contributed by atoms with Gasteiger partial charge in [0, 0.05) is 22.3 Å². The maximum absolute atomic E-state index is 12.8. The van der Waals surface area contributed by atoms with Crippen LogP contribution >= 0.6 is 11.6 Å². The molecule has 1 heterocycles. The van der Waals surface area contributed by atoms with Crippen LogP contribution in [0.1, 0.15) is 11.3 Å². The number of hydrogen-bond donors (Lipinski definition) is 1. The number of hydrogen-bond acceptors (Lipinski definition) is 3. The van der Waals surface area contributed by atoms with Crippen LogP contribution in [0.5, 0.6) is 0 Å². The molecule has 146 valence electrons. The third-order valence-electron chi connectivity index (χ3n) is 3.85. The zero-order chi connectivity index (χ0) is 21.0. The fourth-order valence-electron chi connectivity index (χ4n) is 2.46. The number of halogens is 4. The van der Waals surface area contributed by atoms with Crippen molar-refractivity contribution in [3.63, 3.8) is 0 Å². The minimum atomic E-state index is -4.54. The van der Waals surface area contributed by atoms with Gasteiger partial charge in [0.2, 0.25) is 0 Å². The summed E-state index contributed by atoms with van der Waals surface area (Å²) in [5, 5.41) is 12.1. The van der Waals surface area contributed by atoms with E-state index in [9.17, 15) is 23.2 Å². The van der Waals surface area contributed by atoms with E-state index in [0.717, 1.165) is 17.7 Å². The van der Waals surface area contributed by atoms with Crippen LogP contribution in [0.3, 0.4) is 0 Å². The number of rotatable bonds is 4. The molecule has 1 amide bonds. The first kappa shape index (κ1) is 20.2. The Morgan fingerprint density at radius 3 is 2.48 bits per heavy atom. The average Bonchev–Trinajstić information content (AvgIpc) is 3.14. The lowest BCUT2D eigenvalue weighted by Gasteiger charge is -2.09. The van der Waals surface area contributed by atoms with Gasteiger partial charge in [0.25, 0.3) is 5.91 Å². The van der Waals surface area contributed by atoms with Crippen LogP contribution in [0.2, 0.25) is 5.02 Å². The lowest BCUT2D eigenvalue weighted by molar-refractivity contribution is -0.137. The van der Waals surface area contributed by atoms with E-state index in [4.69, 9.17) is 16.0 Å². The van der Waals surface area contributed by atoms with E-state index in [1.54, 1.807) is 42.5 Å². The van der Waals surface area contributed by atoms with Crippen molar-refractivity contribution in [1.82, 2.24) is 0 Å². The molecule has 0 fully saturated rings. The summed E-state index contributed by atoms with van der Waals surface area (Å²) >= 11 is 5.85. The highest BCUT2D eigenvalue weighted by Gasteiger charge is 2.30. The lowest BCUT2D eigenvalue weighted by Crippen LogP contribution is -2.14. The maximum atomic E-state index is 12.8. The van der Waals surface area contributed by atoms with Crippen molar-refractivity contribution in [2.75, 3.05) is 5.32 Å². The van der Waals surface area contributed by atoms with Crippen molar-refractivity contribution in [3.8, 4) is 17.4 Å². The number of furan rings is 1. The third-order valence-corrected chi connectivity index (χ3v) is 4.11. The van der Waals surface area contributed by atoms with Gasteiger partial charge in [-0.1, -0.05) is 17.7 Å². The Morgan fingerprint density at radius 2 is 1.83 bits per heavy atom. The molecule has 8 heteroatoms. The second-order valence-electron chi connectivity index (χ2n) is 5.91. The molecule has 3 rings (SSSR count). The number of benzene rings is 2. The first-order valence-corrected chi connectivity index (χ1v) is 8.60. The van der Waals surface area contributed by atoms with E-state index in [-0.39, 0.29) is 17.0 Å². The van der Waals surface area contributed by atoms with Crippen molar-refractivity contribution in [3.05, 3.63) is 82.6 Å². The van der Waals surface area contributed by atoms with Gasteiger partial charge in [0.05, 0.1) is 5.56 Å². The average molecular weight is 417 g/mol. The summed E-state index contributed by atoms with van der Waals surface area (Å²) in [6, 6.07) is 16.0. The molecule has 1 aromatic heterocycles. The first-order valence-electron chi connectivity index (χ1n) is 8.22. The van der Waals surface area contributed by atoms with Crippen LogP contribution in [-0.2, 0) is 11.0 Å². The summed E-state index contributed by atoms with van der Waals surface area (Å²) < 4.78 is 44.0. The number of nitrogens with zero attached hydrogens (tertiary/aromatic N) is 1. The minimum Gasteiger partial charge on any atom is -0.457 e. The normalized spacial score (nSPS) is 11.8. The fourth-order valence-corrected chi connectivity index (χ4v) is 2.59. The van der Waals surface area contributed by atoms with E-state index in [1.807, 2.05) is 0 Å². The van der Waals surface area contributed by atoms with Gasteiger partial charge in [-0.3, -0.25) is 4.79 Å². The minimum absolute atomic E-state index is 0.0766. The number of nitriles is 1. The molecule has 0 saturated carbocycles. The van der Waals surface area contributed by atoms with Crippen LogP contribution in [0.15, 0.2) is 70.7 Å². The van der Waals surface area contributed by atoms with E-state index in [0.29, 0.717) is 10.8 Å². The van der Waals surface area contributed by atoms with Gasteiger partial charge in [0.15, 0.2) is 0 Å². The Morgan fingerprint density at radius 1 is 1.10 bits per heavy atom. The van der Waals surface area contributed by atoms with E-state index < -0.39 is 17.6 Å². The number of carbonyl (C=O) groups excluding carboxylic acids is 1. The van der Waals surface area contributed by atoms with Crippen molar-refractivity contribution in [2.24, 2.45) is 0 Å². The van der Waals surface area contributed by atoms with Crippen LogP contribution < -0.4 is 5.32 Å². The highest BCUT2D eigenvalue weighted by molar-refractivity contribution is 6.30. The predicted molar refractivity (Wildman–Crippen MR) is 103 cm³/mol. The molecule has 29 heavy (non-hydrogen) atoms. The third kappa shape index (κ3) is 5.06. The monoisotopic (exact) mass is 416 g/mol. The van der Waals surface area contributed by atoms with Crippen molar-refractivity contribution >= 4 is 29.3 Å². The van der Waals surface area contributed by atoms with Gasteiger partial charge in [-0.05, 0) is 54.6 Å². The quantitative estimate of drug-likeness (QED) is 0.409. The summed E-state index contributed by atoms with van der Waals surface area (Å²) in [5.41, 5.74) is -0.552. The van der Waals surface area contributed by atoms with Gasteiger partial charge in [-0.15, -0.1) is 0 Å². The van der Waals surface area contributed by atoms with E-state index >= 15 is 0 Å². The molecule has 0 saturated heterocycles. The molecule has 0 spiro atoms. The number of anilines is 1. The Labute approximate surface area is 168 Å². The first-order chi connectivity index (χ1) is 13.8. The van der Waals surface area contributed by atoms with Crippen LogP contribution in [-0.4, -0.2) is 5.91 Å². The molecule has 0 atom stereocenters. The zero-order valence-corrected chi connectivity index (χ0v) is 15.4. The Kier molecular flexibility index (Phi) is 5.76. The SMILES string of the molecule is N#C/C(=C\c1ccc(-c2ccc(Cl)cc2)o1)C(=O)Nc1cccc(C(F)(F)F)c1. The second-order valence-corrected chi connectivity index (χ2v) is 6.35. The van der Waals surface area contributed by atoms with Crippen molar-refractivity contribution < 1.29 is 22.4 Å². The molecular weight excluding hydrogens is 405 g/mol. The predicted octanol–water partition coefficient (Wildman–Crippen LogP) is 6.16. The zero-order valence-electron chi connectivity index (χ0n) is 14.6. The van der Waals surface area contributed by atoms with Gasteiger partial charge in [0.1, 0.15) is 23.2 Å². The van der Waals surface area contributed by atoms with Crippen molar-refractivity contribution in [2.45, 2.75) is 6.18 Å². The molecule has 2 aromatic carbocycles. The number of amides is 1. The molecule has 0 aliphatic rings. The molecule has 4 nitrogen and oxygen atoms in total. The van der Waals surface area contributed by atoms with Crippen LogP contribution in [0, 0.1) is 11.3 Å². The molecule has 0 aliphatic carbocycles. The van der Waals surface area contributed by atoms with E-state index in [2.05, 4.69) is 5.32 Å². The lowest BCUT2D eigenvalue weighted by atomic mass is 10.1. The maximum Gasteiger partial charge on any atom is 0.416 e. The largest absolute Gasteiger partial charge is 0.457 e. The standard InChI is InChI=1S/C21H12ClF3N2O2/c22-16-6-4-13(5-7-16)19-9-8-18(29-19)10-14(12-26)20(28)27-17-3-1-2-15(11-17)21(23,24)25/h1-11H,(H,27,28)/b14-10+. The summed E-state index contributed by atoms with van der Waals surface area (Å²) in [4.78, 5) is 12.3. The Hall–Kier alpha value is -3.50. The second kappa shape index (κ2) is 8.25. The summed E-state index contributed by atoms with van der Waals surface area (Å²) in [7, 11) is 0. The van der Waals surface area contributed by atoms with Crippen molar-refractivity contribution in [1.29, 1.82) is 5.26 Å². The molecule has 3 aromatic rings. The molecule has 0 radical (unpaired) electrons. The van der Waals surface area contributed by atoms with Gasteiger partial charge < -0.3 is 9.73 Å². The van der Waals surface area contributed by atoms with Gasteiger partial charge in [-0.25, -0.2) is 0 Å². The Balaban J connectivity index is 1.79. The topological polar surface area (TPSA) is 66.0 Å². The molecule has 0 unspecified atom stereocenters. The molecule has 0 bridgehead atoms. The summed E-state index contributed by atoms with van der Waals surface area (Å²) in [6.07, 6.45) is -3.33. The number of alkyl halides is 3. The van der Waals surface area contributed by atoms with Gasteiger partial charge in [-0.2, -0.15) is 18.4 Å². The van der Waals surface area contributed by atoms with Gasteiger partial charge >= 0.3 is 6.18 Å². The number of nitrogens with one attached hydrogen (secondary N) is 1. The number of carbonyl (C=O) groups is 1. The van der Waals surface area contributed by atoms with Crippen LogP contribution in [0.4, 0.5) is 18.9 Å². The van der Waals surface area contributed by atoms with Crippen LogP contribution in [0.25, 0.3) is 17.4 Å². The summed E-state index contributed by atoms with van der Waals surface area (Å²) in [5.74, 6) is -0.106. The smallest absolute Gasteiger partial charge is 0.416 e. The van der Waals surface area contributed by atoms with E-state index in [1.165, 1.54) is 18.2 Å². The molecule has 0 aliphatic heterocycles. The molecular formula is C21H12ClF3N2O2. The summed E-state index contributed by atoms with van der Waals surface area (Å²) in [6.45, 7) is 0. The highest BCUT2D eigenvalue weighted by Crippen LogP contribution is 2.31. The molecule has 1 N–H and O–H groups in total. The fraction of sp³-hybridized carbons (Fsp3) is 0.0476.